The standard InChI is InChI=1S/C22H22FN7O/c1-13-27-19-16(20(24)31)8-5-9-17(19)30(13)22-26-12-18(29(2)3)21(28-22)25-11-14-6-4-7-15(23)10-14/h4-10,12H,11H2,1-3H3,(H2,24,31)(H,25,26,28). The zero-order chi connectivity index (χ0) is 22.1. The fourth-order valence-corrected chi connectivity index (χ4v) is 3.43. The number of hydrogen-bond acceptors (Lipinski definition) is 6. The summed E-state index contributed by atoms with van der Waals surface area (Å²) in [6, 6.07) is 11.6. The number of aryl methyl sites for hydroxylation is 1. The van der Waals surface area contributed by atoms with Gasteiger partial charge in [-0.05, 0) is 36.8 Å². The molecule has 9 heteroatoms. The van der Waals surface area contributed by atoms with Gasteiger partial charge in [-0.1, -0.05) is 18.2 Å². The highest BCUT2D eigenvalue weighted by Crippen LogP contribution is 2.26. The van der Waals surface area contributed by atoms with Crippen LogP contribution in [-0.2, 0) is 6.54 Å². The molecule has 0 bridgehead atoms. The van der Waals surface area contributed by atoms with E-state index in [4.69, 9.17) is 10.7 Å². The van der Waals surface area contributed by atoms with Gasteiger partial charge in [-0.3, -0.25) is 9.36 Å². The predicted molar refractivity (Wildman–Crippen MR) is 118 cm³/mol. The van der Waals surface area contributed by atoms with E-state index < -0.39 is 5.91 Å². The number of halogens is 1. The van der Waals surface area contributed by atoms with Crippen molar-refractivity contribution in [2.24, 2.45) is 5.73 Å². The van der Waals surface area contributed by atoms with E-state index in [9.17, 15) is 9.18 Å². The summed E-state index contributed by atoms with van der Waals surface area (Å²) in [6.45, 7) is 2.21. The number of imidazole rings is 1. The number of fused-ring (bicyclic) bond motifs is 1. The number of carbonyl (C=O) groups excluding carboxylic acids is 1. The van der Waals surface area contributed by atoms with Crippen LogP contribution in [0, 0.1) is 12.7 Å². The number of anilines is 2. The van der Waals surface area contributed by atoms with E-state index in [1.54, 1.807) is 29.0 Å². The second kappa shape index (κ2) is 8.02. The van der Waals surface area contributed by atoms with Gasteiger partial charge in [-0.15, -0.1) is 0 Å². The number of nitrogens with zero attached hydrogens (tertiary/aromatic N) is 5. The highest BCUT2D eigenvalue weighted by molar-refractivity contribution is 6.04. The molecule has 0 unspecified atom stereocenters. The zero-order valence-corrected chi connectivity index (χ0v) is 17.4. The molecule has 0 saturated heterocycles. The van der Waals surface area contributed by atoms with Crippen LogP contribution in [0.25, 0.3) is 17.0 Å². The van der Waals surface area contributed by atoms with E-state index in [1.165, 1.54) is 12.1 Å². The first-order valence-electron chi connectivity index (χ1n) is 9.66. The number of nitrogens with one attached hydrogen (secondary N) is 1. The number of benzene rings is 2. The third-order valence-electron chi connectivity index (χ3n) is 4.91. The summed E-state index contributed by atoms with van der Waals surface area (Å²) in [5, 5.41) is 3.27. The summed E-state index contributed by atoms with van der Waals surface area (Å²) in [7, 11) is 3.78. The van der Waals surface area contributed by atoms with E-state index in [1.807, 2.05) is 38.1 Å². The third-order valence-corrected chi connectivity index (χ3v) is 4.91. The fourth-order valence-electron chi connectivity index (χ4n) is 3.43. The second-order valence-corrected chi connectivity index (χ2v) is 7.31. The molecule has 0 aliphatic carbocycles. The van der Waals surface area contributed by atoms with E-state index in [0.29, 0.717) is 40.7 Å². The van der Waals surface area contributed by atoms with E-state index in [-0.39, 0.29) is 5.82 Å². The Labute approximate surface area is 178 Å². The van der Waals surface area contributed by atoms with Gasteiger partial charge in [0.25, 0.3) is 5.91 Å². The smallest absolute Gasteiger partial charge is 0.250 e. The Morgan fingerprint density at radius 2 is 1.97 bits per heavy atom. The molecular formula is C22H22FN7O. The van der Waals surface area contributed by atoms with Crippen molar-refractivity contribution in [3.05, 3.63) is 71.4 Å². The van der Waals surface area contributed by atoms with Crippen molar-refractivity contribution in [3.63, 3.8) is 0 Å². The van der Waals surface area contributed by atoms with E-state index in [2.05, 4.69) is 15.3 Å². The first kappa shape index (κ1) is 20.3. The lowest BCUT2D eigenvalue weighted by molar-refractivity contribution is 0.100. The summed E-state index contributed by atoms with van der Waals surface area (Å²) < 4.78 is 15.3. The SMILES string of the molecule is Cc1nc2c(C(N)=O)cccc2n1-c1ncc(N(C)C)c(NCc2cccc(F)c2)n1. The Bertz CT molecular complexity index is 1280. The summed E-state index contributed by atoms with van der Waals surface area (Å²) in [5.74, 6) is 0.774. The zero-order valence-electron chi connectivity index (χ0n) is 17.4. The minimum Gasteiger partial charge on any atom is -0.373 e. The largest absolute Gasteiger partial charge is 0.373 e. The van der Waals surface area contributed by atoms with E-state index in [0.717, 1.165) is 11.3 Å². The molecule has 0 radical (unpaired) electrons. The molecule has 4 rings (SSSR count). The summed E-state index contributed by atoms with van der Waals surface area (Å²) in [4.78, 5) is 27.4. The number of para-hydroxylation sites is 1. The average molecular weight is 419 g/mol. The molecule has 1 amide bonds. The van der Waals surface area contributed by atoms with Crippen LogP contribution in [0.5, 0.6) is 0 Å². The predicted octanol–water partition coefficient (Wildman–Crippen LogP) is 3.04. The highest BCUT2D eigenvalue weighted by atomic mass is 19.1. The number of primary amides is 1. The van der Waals surface area contributed by atoms with Crippen LogP contribution < -0.4 is 16.0 Å². The lowest BCUT2D eigenvalue weighted by Crippen LogP contribution is -2.16. The van der Waals surface area contributed by atoms with Gasteiger partial charge in [-0.2, -0.15) is 4.98 Å². The minimum absolute atomic E-state index is 0.290. The minimum atomic E-state index is -0.545. The van der Waals surface area contributed by atoms with Gasteiger partial charge in [0, 0.05) is 20.6 Å². The lowest BCUT2D eigenvalue weighted by atomic mass is 10.2. The molecule has 0 fully saturated rings. The molecule has 158 valence electrons. The molecule has 4 aromatic rings. The normalized spacial score (nSPS) is 11.0. The van der Waals surface area contributed by atoms with Crippen LogP contribution in [0.15, 0.2) is 48.7 Å². The van der Waals surface area contributed by atoms with Gasteiger partial charge in [0.2, 0.25) is 5.95 Å². The Kier molecular flexibility index (Phi) is 5.24. The molecule has 0 atom stereocenters. The average Bonchev–Trinajstić information content (AvgIpc) is 3.07. The van der Waals surface area contributed by atoms with Crippen molar-refractivity contribution in [2.45, 2.75) is 13.5 Å². The van der Waals surface area contributed by atoms with Crippen molar-refractivity contribution >= 4 is 28.4 Å². The van der Waals surface area contributed by atoms with Crippen LogP contribution in [-0.4, -0.2) is 39.5 Å². The molecule has 2 heterocycles. The van der Waals surface area contributed by atoms with Gasteiger partial charge in [0.15, 0.2) is 5.82 Å². The molecule has 2 aromatic heterocycles. The topological polar surface area (TPSA) is 102 Å². The number of amides is 1. The fraction of sp³-hybridized carbons (Fsp3) is 0.182. The summed E-state index contributed by atoms with van der Waals surface area (Å²) in [5.41, 5.74) is 8.59. The molecule has 0 aliphatic heterocycles. The van der Waals surface area contributed by atoms with Crippen molar-refractivity contribution in [3.8, 4) is 5.95 Å². The number of aromatic nitrogens is 4. The lowest BCUT2D eigenvalue weighted by Gasteiger charge is -2.18. The summed E-state index contributed by atoms with van der Waals surface area (Å²) >= 11 is 0. The molecule has 0 aliphatic rings. The Hall–Kier alpha value is -4.01. The Morgan fingerprint density at radius 1 is 1.19 bits per heavy atom. The molecule has 8 nitrogen and oxygen atoms in total. The van der Waals surface area contributed by atoms with Crippen LogP contribution in [0.2, 0.25) is 0 Å². The Balaban J connectivity index is 1.78. The van der Waals surface area contributed by atoms with Gasteiger partial charge in [-0.25, -0.2) is 14.4 Å². The summed E-state index contributed by atoms with van der Waals surface area (Å²) in [6.07, 6.45) is 1.71. The first-order valence-corrected chi connectivity index (χ1v) is 9.66. The van der Waals surface area contributed by atoms with Gasteiger partial charge in [0.05, 0.1) is 23.0 Å². The van der Waals surface area contributed by atoms with Crippen molar-refractivity contribution in [1.29, 1.82) is 0 Å². The number of rotatable bonds is 6. The van der Waals surface area contributed by atoms with Crippen LogP contribution in [0.3, 0.4) is 0 Å². The van der Waals surface area contributed by atoms with Gasteiger partial charge < -0.3 is 16.0 Å². The maximum atomic E-state index is 13.5. The molecule has 0 saturated carbocycles. The van der Waals surface area contributed by atoms with Crippen LogP contribution in [0.1, 0.15) is 21.7 Å². The monoisotopic (exact) mass is 419 g/mol. The van der Waals surface area contributed by atoms with Gasteiger partial charge >= 0.3 is 0 Å². The number of nitrogens with two attached hydrogens (primary N) is 1. The maximum Gasteiger partial charge on any atom is 0.250 e. The van der Waals surface area contributed by atoms with E-state index >= 15 is 0 Å². The van der Waals surface area contributed by atoms with Crippen molar-refractivity contribution < 1.29 is 9.18 Å². The number of carbonyl (C=O) groups is 1. The first-order chi connectivity index (χ1) is 14.8. The second-order valence-electron chi connectivity index (χ2n) is 7.31. The Morgan fingerprint density at radius 3 is 2.68 bits per heavy atom. The molecule has 0 spiro atoms. The molecule has 3 N–H and O–H groups in total. The van der Waals surface area contributed by atoms with Crippen molar-refractivity contribution in [2.75, 3.05) is 24.3 Å². The van der Waals surface area contributed by atoms with Gasteiger partial charge in [0.1, 0.15) is 17.2 Å². The third kappa shape index (κ3) is 3.89. The molecule has 2 aromatic carbocycles. The quantitative estimate of drug-likeness (QED) is 0.498. The van der Waals surface area contributed by atoms with Crippen LogP contribution >= 0.6 is 0 Å². The van der Waals surface area contributed by atoms with Crippen molar-refractivity contribution in [1.82, 2.24) is 19.5 Å². The highest BCUT2D eigenvalue weighted by Gasteiger charge is 2.18. The number of hydrogen-bond donors (Lipinski definition) is 2. The maximum absolute atomic E-state index is 13.5. The molecular weight excluding hydrogens is 397 g/mol. The van der Waals surface area contributed by atoms with Crippen LogP contribution in [0.4, 0.5) is 15.9 Å². The molecule has 31 heavy (non-hydrogen) atoms.